The lowest BCUT2D eigenvalue weighted by molar-refractivity contribution is -0.141. The van der Waals surface area contributed by atoms with Gasteiger partial charge in [-0.25, -0.2) is 24.7 Å². The number of nitrogen functional groups attached to an aromatic ring is 1. The molecule has 43 heavy (non-hydrogen) atoms. The van der Waals surface area contributed by atoms with E-state index in [-0.39, 0.29) is 23.7 Å². The minimum Gasteiger partial charge on any atom is -0.444 e. The van der Waals surface area contributed by atoms with Crippen molar-refractivity contribution < 1.29 is 27.4 Å². The Morgan fingerprint density at radius 3 is 2.58 bits per heavy atom. The molecule has 3 heterocycles. The number of hydrogen-bond acceptors (Lipinski definition) is 10. The zero-order valence-corrected chi connectivity index (χ0v) is 25.3. The highest BCUT2D eigenvalue weighted by molar-refractivity contribution is 7.22. The molecule has 3 aromatic heterocycles. The highest BCUT2D eigenvalue weighted by atomic mass is 32.1. The summed E-state index contributed by atoms with van der Waals surface area (Å²) in [5.74, 6) is 0.663. The van der Waals surface area contributed by atoms with Gasteiger partial charge < -0.3 is 25.8 Å². The van der Waals surface area contributed by atoms with Crippen molar-refractivity contribution in [2.24, 2.45) is 5.92 Å². The third-order valence-electron chi connectivity index (χ3n) is 6.44. The first-order valence-corrected chi connectivity index (χ1v) is 14.5. The van der Waals surface area contributed by atoms with E-state index in [4.69, 9.17) is 15.2 Å². The highest BCUT2D eigenvalue weighted by Gasteiger charge is 2.33. The maximum atomic E-state index is 13.6. The van der Waals surface area contributed by atoms with Crippen molar-refractivity contribution in [3.05, 3.63) is 48.4 Å². The standard InChI is InChI=1S/C29H34F3N7O3S/c1-16(8-7-13-34-27(40)42-28(3,4)5)17(2)37-25-18(11-12-22(38-25)29(30,31)32)19-14-23(36-15-35-19)41-20-9-6-10-21-24(20)39-26(33)43-21/h6,9-12,14-17H,7-8,13H2,1-5H3,(H2,33,39)(H,34,40)(H,37,38)/t16-,17-/m0/s1. The van der Waals surface area contributed by atoms with Crippen LogP contribution in [0.2, 0.25) is 0 Å². The molecule has 0 radical (unpaired) electrons. The number of carbonyl (C=O) groups is 1. The molecule has 2 atom stereocenters. The van der Waals surface area contributed by atoms with Crippen LogP contribution in [0.3, 0.4) is 0 Å². The van der Waals surface area contributed by atoms with E-state index in [1.165, 1.54) is 29.8 Å². The number of ether oxygens (including phenoxy) is 2. The number of fused-ring (bicyclic) bond motifs is 1. The number of nitrogens with one attached hydrogen (secondary N) is 2. The second-order valence-electron chi connectivity index (χ2n) is 11.1. The van der Waals surface area contributed by atoms with Crippen LogP contribution in [-0.4, -0.2) is 44.2 Å². The Kier molecular flexibility index (Phi) is 9.58. The van der Waals surface area contributed by atoms with Gasteiger partial charge in [-0.3, -0.25) is 0 Å². The first kappa shape index (κ1) is 31.7. The molecule has 0 fully saturated rings. The third kappa shape index (κ3) is 8.66. The molecule has 10 nitrogen and oxygen atoms in total. The van der Waals surface area contributed by atoms with Crippen LogP contribution in [0.15, 0.2) is 42.7 Å². The van der Waals surface area contributed by atoms with Gasteiger partial charge in [-0.05, 0) is 70.7 Å². The number of alkyl halides is 3. The topological polar surface area (TPSA) is 137 Å². The van der Waals surface area contributed by atoms with E-state index in [0.29, 0.717) is 47.0 Å². The summed E-state index contributed by atoms with van der Waals surface area (Å²) < 4.78 is 52.9. The molecule has 0 aliphatic rings. The summed E-state index contributed by atoms with van der Waals surface area (Å²) in [6, 6.07) is 8.90. The van der Waals surface area contributed by atoms with Crippen molar-refractivity contribution in [1.29, 1.82) is 0 Å². The zero-order chi connectivity index (χ0) is 31.4. The molecule has 230 valence electrons. The molecular formula is C29H34F3N7O3S. The number of amides is 1. The van der Waals surface area contributed by atoms with Gasteiger partial charge in [-0.15, -0.1) is 0 Å². The fourth-order valence-electron chi connectivity index (χ4n) is 4.15. The summed E-state index contributed by atoms with van der Waals surface area (Å²) in [4.78, 5) is 28.6. The van der Waals surface area contributed by atoms with E-state index < -0.39 is 23.6 Å². The van der Waals surface area contributed by atoms with Crippen molar-refractivity contribution >= 4 is 38.6 Å². The predicted molar refractivity (Wildman–Crippen MR) is 160 cm³/mol. The van der Waals surface area contributed by atoms with Crippen LogP contribution < -0.4 is 21.1 Å². The zero-order valence-electron chi connectivity index (χ0n) is 24.5. The molecule has 0 spiro atoms. The van der Waals surface area contributed by atoms with Crippen LogP contribution in [0, 0.1) is 5.92 Å². The van der Waals surface area contributed by atoms with E-state index in [1.807, 2.05) is 19.9 Å². The lowest BCUT2D eigenvalue weighted by atomic mass is 9.97. The van der Waals surface area contributed by atoms with E-state index in [0.717, 1.165) is 10.8 Å². The first-order valence-electron chi connectivity index (χ1n) is 13.7. The van der Waals surface area contributed by atoms with Gasteiger partial charge in [-0.1, -0.05) is 24.3 Å². The van der Waals surface area contributed by atoms with Gasteiger partial charge >= 0.3 is 12.3 Å². The number of aromatic nitrogens is 4. The van der Waals surface area contributed by atoms with Crippen LogP contribution in [0.5, 0.6) is 11.6 Å². The lowest BCUT2D eigenvalue weighted by Gasteiger charge is -2.24. The summed E-state index contributed by atoms with van der Waals surface area (Å²) in [6.45, 7) is 9.60. The molecule has 1 amide bonds. The van der Waals surface area contributed by atoms with Gasteiger partial charge in [0.15, 0.2) is 10.9 Å². The molecular weight excluding hydrogens is 583 g/mol. The number of nitrogens with zero attached hydrogens (tertiary/aromatic N) is 4. The molecule has 0 aliphatic carbocycles. The number of rotatable bonds is 10. The maximum absolute atomic E-state index is 13.6. The monoisotopic (exact) mass is 617 g/mol. The number of halogens is 3. The van der Waals surface area contributed by atoms with Crippen molar-refractivity contribution in [2.75, 3.05) is 17.6 Å². The Morgan fingerprint density at radius 2 is 1.86 bits per heavy atom. The first-order chi connectivity index (χ1) is 20.2. The number of anilines is 2. The van der Waals surface area contributed by atoms with Crippen LogP contribution in [-0.2, 0) is 10.9 Å². The van der Waals surface area contributed by atoms with Gasteiger partial charge in [-0.2, -0.15) is 13.2 Å². The van der Waals surface area contributed by atoms with Crippen molar-refractivity contribution in [1.82, 2.24) is 25.3 Å². The minimum atomic E-state index is -4.63. The number of benzene rings is 1. The number of carbonyl (C=O) groups excluding carboxylic acids is 1. The number of pyridine rings is 1. The second-order valence-corrected chi connectivity index (χ2v) is 12.1. The Morgan fingerprint density at radius 1 is 1.09 bits per heavy atom. The number of nitrogens with two attached hydrogens (primary N) is 1. The van der Waals surface area contributed by atoms with Crippen molar-refractivity contribution in [2.45, 2.75) is 65.3 Å². The molecule has 1 aromatic carbocycles. The van der Waals surface area contributed by atoms with E-state index in [1.54, 1.807) is 32.9 Å². The molecule has 0 saturated carbocycles. The van der Waals surface area contributed by atoms with Gasteiger partial charge in [0.1, 0.15) is 29.0 Å². The Labute approximate surface area is 251 Å². The number of alkyl carbamates (subject to hydrolysis) is 1. The number of hydrogen-bond donors (Lipinski definition) is 3. The van der Waals surface area contributed by atoms with Crippen LogP contribution in [0.1, 0.15) is 53.2 Å². The molecule has 4 aromatic rings. The third-order valence-corrected chi connectivity index (χ3v) is 7.29. The van der Waals surface area contributed by atoms with Crippen LogP contribution in [0.25, 0.3) is 21.5 Å². The summed E-state index contributed by atoms with van der Waals surface area (Å²) in [7, 11) is 0. The molecule has 0 aliphatic heterocycles. The average molecular weight is 618 g/mol. The van der Waals surface area contributed by atoms with Gasteiger partial charge in [0, 0.05) is 24.2 Å². The largest absolute Gasteiger partial charge is 0.444 e. The predicted octanol–water partition coefficient (Wildman–Crippen LogP) is 7.28. The number of para-hydroxylation sites is 1. The lowest BCUT2D eigenvalue weighted by Crippen LogP contribution is -2.33. The Balaban J connectivity index is 1.51. The fraction of sp³-hybridized carbons (Fsp3) is 0.414. The maximum Gasteiger partial charge on any atom is 0.433 e. The molecule has 0 bridgehead atoms. The SMILES string of the molecule is C[C@H](Nc1nc(C(F)(F)F)ccc1-c1cc(Oc2cccc3sc(N)nc23)ncn1)[C@@H](C)CCCNC(=O)OC(C)(C)C. The molecule has 14 heteroatoms. The quantitative estimate of drug-likeness (QED) is 0.157. The normalized spacial score (nSPS) is 13.4. The highest BCUT2D eigenvalue weighted by Crippen LogP contribution is 2.36. The minimum absolute atomic E-state index is 0.0277. The Hall–Kier alpha value is -4.20. The molecule has 0 saturated heterocycles. The van der Waals surface area contributed by atoms with Crippen LogP contribution >= 0.6 is 11.3 Å². The Bertz CT molecular complexity index is 1570. The smallest absolute Gasteiger partial charge is 0.433 e. The summed E-state index contributed by atoms with van der Waals surface area (Å²) in [6.07, 6.45) is -2.52. The van der Waals surface area contributed by atoms with Crippen LogP contribution in [0.4, 0.5) is 28.9 Å². The number of thiazole rings is 1. The summed E-state index contributed by atoms with van der Waals surface area (Å²) >= 11 is 1.32. The van der Waals surface area contributed by atoms with Crippen molar-refractivity contribution in [3.8, 4) is 22.9 Å². The van der Waals surface area contributed by atoms with Gasteiger partial charge in [0.25, 0.3) is 0 Å². The van der Waals surface area contributed by atoms with Gasteiger partial charge in [0.05, 0.1) is 10.4 Å². The van der Waals surface area contributed by atoms with Crippen molar-refractivity contribution in [3.63, 3.8) is 0 Å². The van der Waals surface area contributed by atoms with Gasteiger partial charge in [0.2, 0.25) is 5.88 Å². The van der Waals surface area contributed by atoms with E-state index >= 15 is 0 Å². The average Bonchev–Trinajstić information content (AvgIpc) is 3.31. The molecule has 0 unspecified atom stereocenters. The summed E-state index contributed by atoms with van der Waals surface area (Å²) in [5.41, 5.74) is 5.47. The van der Waals surface area contributed by atoms with E-state index in [2.05, 4.69) is 30.6 Å². The summed E-state index contributed by atoms with van der Waals surface area (Å²) in [5, 5.41) is 6.26. The van der Waals surface area contributed by atoms with E-state index in [9.17, 15) is 18.0 Å². The molecule has 4 N–H and O–H groups in total. The molecule has 4 rings (SSSR count). The second kappa shape index (κ2) is 13.0. The fourth-order valence-corrected chi connectivity index (χ4v) is 4.90.